The SMILES string of the molecule is COc1ccc(Br)c(C(=O)N2CCC(C(C)(C)C)CC2)c1. The number of ether oxygens (including phenoxy) is 1. The van der Waals surface area contributed by atoms with Gasteiger partial charge in [-0.3, -0.25) is 4.79 Å². The van der Waals surface area contributed by atoms with Crippen molar-refractivity contribution >= 4 is 21.8 Å². The monoisotopic (exact) mass is 353 g/mol. The van der Waals surface area contributed by atoms with Crippen molar-refractivity contribution in [2.75, 3.05) is 20.2 Å². The molecule has 0 N–H and O–H groups in total. The van der Waals surface area contributed by atoms with Gasteiger partial charge >= 0.3 is 0 Å². The number of hydrogen-bond donors (Lipinski definition) is 0. The minimum absolute atomic E-state index is 0.0909. The quantitative estimate of drug-likeness (QED) is 0.790. The summed E-state index contributed by atoms with van der Waals surface area (Å²) < 4.78 is 6.04. The Bertz CT molecular complexity index is 514. The smallest absolute Gasteiger partial charge is 0.255 e. The van der Waals surface area contributed by atoms with E-state index < -0.39 is 0 Å². The van der Waals surface area contributed by atoms with E-state index in [1.165, 1.54) is 0 Å². The summed E-state index contributed by atoms with van der Waals surface area (Å²) in [5.74, 6) is 1.49. The minimum Gasteiger partial charge on any atom is -0.497 e. The first kappa shape index (κ1) is 16.3. The Balaban J connectivity index is 2.09. The van der Waals surface area contributed by atoms with E-state index in [1.807, 2.05) is 23.1 Å². The molecule has 1 amide bonds. The summed E-state index contributed by atoms with van der Waals surface area (Å²) in [4.78, 5) is 14.6. The molecule has 0 spiro atoms. The van der Waals surface area contributed by atoms with Crippen LogP contribution in [-0.4, -0.2) is 31.0 Å². The van der Waals surface area contributed by atoms with Crippen LogP contribution in [0.4, 0.5) is 0 Å². The van der Waals surface area contributed by atoms with E-state index >= 15 is 0 Å². The maximum absolute atomic E-state index is 12.7. The summed E-state index contributed by atoms with van der Waals surface area (Å²) in [6.45, 7) is 8.53. The van der Waals surface area contributed by atoms with Crippen LogP contribution in [-0.2, 0) is 0 Å². The van der Waals surface area contributed by atoms with Gasteiger partial charge in [-0.1, -0.05) is 20.8 Å². The summed E-state index contributed by atoms with van der Waals surface area (Å²) in [6, 6.07) is 5.53. The highest BCUT2D eigenvalue weighted by Gasteiger charge is 2.31. The lowest BCUT2D eigenvalue weighted by molar-refractivity contribution is 0.0607. The van der Waals surface area contributed by atoms with Gasteiger partial charge in [0.15, 0.2) is 0 Å². The summed E-state index contributed by atoms with van der Waals surface area (Å²) >= 11 is 3.47. The third-order valence-corrected chi connectivity index (χ3v) is 5.10. The number of amides is 1. The zero-order chi connectivity index (χ0) is 15.6. The number of halogens is 1. The fourth-order valence-corrected chi connectivity index (χ4v) is 3.33. The molecule has 4 heteroatoms. The maximum atomic E-state index is 12.7. The number of hydrogen-bond acceptors (Lipinski definition) is 2. The highest BCUT2D eigenvalue weighted by Crippen LogP contribution is 2.35. The Morgan fingerprint density at radius 1 is 1.29 bits per heavy atom. The van der Waals surface area contributed by atoms with Gasteiger partial charge in [0.25, 0.3) is 5.91 Å². The number of rotatable bonds is 2. The maximum Gasteiger partial charge on any atom is 0.255 e. The molecule has 0 radical (unpaired) electrons. The Morgan fingerprint density at radius 3 is 2.43 bits per heavy atom. The molecule has 0 aliphatic carbocycles. The third kappa shape index (κ3) is 3.79. The second-order valence-electron chi connectivity index (χ2n) is 6.78. The highest BCUT2D eigenvalue weighted by atomic mass is 79.9. The summed E-state index contributed by atoms with van der Waals surface area (Å²) in [5, 5.41) is 0. The van der Waals surface area contributed by atoms with E-state index in [1.54, 1.807) is 7.11 Å². The Kier molecular flexibility index (Phi) is 4.97. The lowest BCUT2D eigenvalue weighted by Crippen LogP contribution is -2.41. The fourth-order valence-electron chi connectivity index (χ4n) is 2.91. The molecule has 1 aliphatic heterocycles. The second-order valence-corrected chi connectivity index (χ2v) is 7.63. The first-order valence-corrected chi connectivity index (χ1v) is 8.25. The van der Waals surface area contributed by atoms with Crippen LogP contribution in [0.25, 0.3) is 0 Å². The van der Waals surface area contributed by atoms with Crippen LogP contribution in [0.2, 0.25) is 0 Å². The second kappa shape index (κ2) is 6.39. The van der Waals surface area contributed by atoms with E-state index in [2.05, 4.69) is 36.7 Å². The van der Waals surface area contributed by atoms with Gasteiger partial charge in [0, 0.05) is 17.6 Å². The normalized spacial score (nSPS) is 16.9. The highest BCUT2D eigenvalue weighted by molar-refractivity contribution is 9.10. The average Bonchev–Trinajstić information content (AvgIpc) is 2.46. The zero-order valence-electron chi connectivity index (χ0n) is 13.3. The van der Waals surface area contributed by atoms with Crippen molar-refractivity contribution in [1.82, 2.24) is 4.90 Å². The standard InChI is InChI=1S/C17H24BrNO2/c1-17(2,3)12-7-9-19(10-8-12)16(20)14-11-13(21-4)5-6-15(14)18/h5-6,11-12H,7-10H2,1-4H3. The number of piperidine rings is 1. The van der Waals surface area contributed by atoms with Crippen molar-refractivity contribution in [3.05, 3.63) is 28.2 Å². The molecule has 0 bridgehead atoms. The first-order valence-electron chi connectivity index (χ1n) is 7.45. The van der Waals surface area contributed by atoms with Crippen LogP contribution < -0.4 is 4.74 Å². The summed E-state index contributed by atoms with van der Waals surface area (Å²) in [5.41, 5.74) is 1.01. The molecule has 1 aromatic rings. The molecule has 1 heterocycles. The van der Waals surface area contributed by atoms with Crippen molar-refractivity contribution < 1.29 is 9.53 Å². The topological polar surface area (TPSA) is 29.5 Å². The Hall–Kier alpha value is -1.03. The van der Waals surface area contributed by atoms with Gasteiger partial charge in [0.05, 0.1) is 12.7 Å². The number of carbonyl (C=O) groups is 1. The van der Waals surface area contributed by atoms with Gasteiger partial charge in [-0.2, -0.15) is 0 Å². The predicted octanol–water partition coefficient (Wildman–Crippen LogP) is 4.36. The Morgan fingerprint density at radius 2 is 1.90 bits per heavy atom. The van der Waals surface area contributed by atoms with Gasteiger partial charge in [-0.05, 0) is 58.3 Å². The number of benzene rings is 1. The molecule has 1 aromatic carbocycles. The van der Waals surface area contributed by atoms with Gasteiger partial charge in [-0.15, -0.1) is 0 Å². The number of likely N-dealkylation sites (tertiary alicyclic amines) is 1. The van der Waals surface area contributed by atoms with Crippen LogP contribution in [0.5, 0.6) is 5.75 Å². The van der Waals surface area contributed by atoms with Gasteiger partial charge in [-0.25, -0.2) is 0 Å². The van der Waals surface area contributed by atoms with Gasteiger partial charge in [0.2, 0.25) is 0 Å². The molecule has 0 aromatic heterocycles. The van der Waals surface area contributed by atoms with Crippen LogP contribution in [0.1, 0.15) is 44.0 Å². The van der Waals surface area contributed by atoms with Crippen molar-refractivity contribution in [3.8, 4) is 5.75 Å². The van der Waals surface area contributed by atoms with E-state index in [-0.39, 0.29) is 5.91 Å². The minimum atomic E-state index is 0.0909. The van der Waals surface area contributed by atoms with E-state index in [0.717, 1.165) is 30.4 Å². The number of methoxy groups -OCH3 is 1. The van der Waals surface area contributed by atoms with Gasteiger partial charge < -0.3 is 9.64 Å². The average molecular weight is 354 g/mol. The molecule has 21 heavy (non-hydrogen) atoms. The van der Waals surface area contributed by atoms with Gasteiger partial charge in [0.1, 0.15) is 5.75 Å². The molecular formula is C17H24BrNO2. The van der Waals surface area contributed by atoms with E-state index in [0.29, 0.717) is 22.6 Å². The van der Waals surface area contributed by atoms with Crippen molar-refractivity contribution in [2.24, 2.45) is 11.3 Å². The lowest BCUT2D eigenvalue weighted by Gasteiger charge is -2.38. The number of carbonyl (C=O) groups excluding carboxylic acids is 1. The molecule has 0 saturated carbocycles. The molecular weight excluding hydrogens is 330 g/mol. The first-order chi connectivity index (χ1) is 9.82. The van der Waals surface area contributed by atoms with E-state index in [9.17, 15) is 4.79 Å². The van der Waals surface area contributed by atoms with Crippen LogP contribution in [0, 0.1) is 11.3 Å². The molecule has 1 saturated heterocycles. The molecule has 0 unspecified atom stereocenters. The molecule has 3 nitrogen and oxygen atoms in total. The summed E-state index contributed by atoms with van der Waals surface area (Å²) in [6.07, 6.45) is 2.16. The van der Waals surface area contributed by atoms with E-state index in [4.69, 9.17) is 4.74 Å². The van der Waals surface area contributed by atoms with Crippen LogP contribution >= 0.6 is 15.9 Å². The molecule has 2 rings (SSSR count). The predicted molar refractivity (Wildman–Crippen MR) is 88.8 cm³/mol. The fraction of sp³-hybridized carbons (Fsp3) is 0.588. The van der Waals surface area contributed by atoms with Crippen molar-refractivity contribution in [1.29, 1.82) is 0 Å². The lowest BCUT2D eigenvalue weighted by atomic mass is 9.75. The molecule has 1 fully saturated rings. The van der Waals surface area contributed by atoms with Crippen LogP contribution in [0.15, 0.2) is 22.7 Å². The Labute approximate surface area is 135 Å². The number of nitrogens with zero attached hydrogens (tertiary/aromatic N) is 1. The van der Waals surface area contributed by atoms with Crippen molar-refractivity contribution in [3.63, 3.8) is 0 Å². The third-order valence-electron chi connectivity index (χ3n) is 4.41. The van der Waals surface area contributed by atoms with Crippen molar-refractivity contribution in [2.45, 2.75) is 33.6 Å². The summed E-state index contributed by atoms with van der Waals surface area (Å²) in [7, 11) is 1.62. The van der Waals surface area contributed by atoms with Crippen LogP contribution in [0.3, 0.4) is 0 Å². The molecule has 1 aliphatic rings. The molecule has 0 atom stereocenters. The molecule has 116 valence electrons. The zero-order valence-corrected chi connectivity index (χ0v) is 14.9. The largest absolute Gasteiger partial charge is 0.497 e.